The molecular formula is C7H12FNO5S. The lowest BCUT2D eigenvalue weighted by molar-refractivity contribution is 0.0289. The van der Waals surface area contributed by atoms with E-state index < -0.39 is 28.5 Å². The summed E-state index contributed by atoms with van der Waals surface area (Å²) in [6.45, 7) is -0.272. The first-order chi connectivity index (χ1) is 6.79. The Morgan fingerprint density at radius 1 is 1.60 bits per heavy atom. The smallest absolute Gasteiger partial charge is 0.407 e. The number of alkyl halides is 1. The maximum Gasteiger partial charge on any atom is 0.407 e. The van der Waals surface area contributed by atoms with Crippen molar-refractivity contribution in [3.8, 4) is 0 Å². The third-order valence-electron chi connectivity index (χ3n) is 2.05. The highest BCUT2D eigenvalue weighted by Crippen LogP contribution is 2.18. The molecule has 0 aromatic rings. The summed E-state index contributed by atoms with van der Waals surface area (Å²) in [6.07, 6.45) is -3.01. The number of hydrogen-bond donors (Lipinski definition) is 1. The predicted octanol–water partition coefficient (Wildman–Crippen LogP) is 0.0530. The van der Waals surface area contributed by atoms with Gasteiger partial charge in [0.05, 0.1) is 12.8 Å². The normalized spacial score (nSPS) is 27.7. The Morgan fingerprint density at radius 3 is 2.60 bits per heavy atom. The highest BCUT2D eigenvalue weighted by atomic mass is 32.2. The quantitative estimate of drug-likeness (QED) is 0.691. The van der Waals surface area contributed by atoms with Gasteiger partial charge in [-0.2, -0.15) is 8.42 Å². The highest BCUT2D eigenvalue weighted by Gasteiger charge is 2.34. The molecule has 0 saturated carbocycles. The molecule has 1 rings (SSSR count). The van der Waals surface area contributed by atoms with E-state index in [4.69, 9.17) is 5.11 Å². The summed E-state index contributed by atoms with van der Waals surface area (Å²) < 4.78 is 39.3. The lowest BCUT2D eigenvalue weighted by Gasteiger charge is -2.31. The molecule has 1 N–H and O–H groups in total. The van der Waals surface area contributed by atoms with Gasteiger partial charge in [0.2, 0.25) is 0 Å². The monoisotopic (exact) mass is 241 g/mol. The summed E-state index contributed by atoms with van der Waals surface area (Å²) >= 11 is 0. The van der Waals surface area contributed by atoms with Gasteiger partial charge in [0.15, 0.2) is 0 Å². The van der Waals surface area contributed by atoms with Crippen LogP contribution in [0.1, 0.15) is 6.42 Å². The van der Waals surface area contributed by atoms with Crippen LogP contribution in [-0.4, -0.2) is 56.1 Å². The van der Waals surface area contributed by atoms with E-state index in [1.165, 1.54) is 0 Å². The van der Waals surface area contributed by atoms with Crippen molar-refractivity contribution in [2.45, 2.75) is 18.7 Å². The van der Waals surface area contributed by atoms with Gasteiger partial charge >= 0.3 is 6.09 Å². The third-order valence-corrected chi connectivity index (χ3v) is 2.65. The average molecular weight is 241 g/mol. The van der Waals surface area contributed by atoms with E-state index in [1.54, 1.807) is 0 Å². The van der Waals surface area contributed by atoms with Gasteiger partial charge < -0.3 is 10.0 Å². The van der Waals surface area contributed by atoms with Crippen LogP contribution in [0.4, 0.5) is 9.18 Å². The number of piperidine rings is 1. The molecule has 15 heavy (non-hydrogen) atoms. The van der Waals surface area contributed by atoms with Gasteiger partial charge in [-0.25, -0.2) is 9.18 Å². The molecule has 0 spiro atoms. The summed E-state index contributed by atoms with van der Waals surface area (Å²) in [7, 11) is -3.70. The average Bonchev–Trinajstić information content (AvgIpc) is 2.05. The number of amides is 1. The van der Waals surface area contributed by atoms with Gasteiger partial charge in [-0.1, -0.05) is 0 Å². The van der Waals surface area contributed by atoms with Crippen LogP contribution in [0.25, 0.3) is 0 Å². The zero-order chi connectivity index (χ0) is 11.6. The van der Waals surface area contributed by atoms with E-state index in [0.29, 0.717) is 0 Å². The number of hydrogen-bond acceptors (Lipinski definition) is 4. The van der Waals surface area contributed by atoms with E-state index in [9.17, 15) is 17.6 Å². The van der Waals surface area contributed by atoms with Crippen molar-refractivity contribution in [1.82, 2.24) is 4.90 Å². The van der Waals surface area contributed by atoms with Crippen LogP contribution in [0.15, 0.2) is 0 Å². The number of nitrogens with zero attached hydrogens (tertiary/aromatic N) is 1. The van der Waals surface area contributed by atoms with E-state index >= 15 is 0 Å². The van der Waals surface area contributed by atoms with E-state index in [2.05, 4.69) is 4.18 Å². The molecule has 1 heterocycles. The minimum atomic E-state index is -3.70. The van der Waals surface area contributed by atoms with Gasteiger partial charge in [0.1, 0.15) is 12.3 Å². The molecule has 0 bridgehead atoms. The topological polar surface area (TPSA) is 83.9 Å². The zero-order valence-electron chi connectivity index (χ0n) is 8.09. The molecule has 1 amide bonds. The van der Waals surface area contributed by atoms with Gasteiger partial charge in [0.25, 0.3) is 10.1 Å². The summed E-state index contributed by atoms with van der Waals surface area (Å²) in [4.78, 5) is 11.4. The Morgan fingerprint density at radius 2 is 2.20 bits per heavy atom. The summed E-state index contributed by atoms with van der Waals surface area (Å²) in [5, 5.41) is 8.58. The van der Waals surface area contributed by atoms with Crippen molar-refractivity contribution >= 4 is 16.2 Å². The number of rotatable bonds is 2. The van der Waals surface area contributed by atoms with Crippen LogP contribution >= 0.6 is 0 Å². The minimum Gasteiger partial charge on any atom is -0.465 e. The SMILES string of the molecule is CS(=O)(=O)O[C@H]1CCN(C(=O)O)C[C@H]1F. The minimum absolute atomic E-state index is 0.0422. The van der Waals surface area contributed by atoms with Crippen molar-refractivity contribution in [2.75, 3.05) is 19.3 Å². The lowest BCUT2D eigenvalue weighted by Crippen LogP contribution is -2.48. The van der Waals surface area contributed by atoms with Crippen LogP contribution in [0.3, 0.4) is 0 Å². The maximum absolute atomic E-state index is 13.3. The van der Waals surface area contributed by atoms with Gasteiger partial charge in [-0.15, -0.1) is 0 Å². The van der Waals surface area contributed by atoms with Crippen LogP contribution in [0.5, 0.6) is 0 Å². The van der Waals surface area contributed by atoms with Crippen LogP contribution < -0.4 is 0 Å². The number of halogens is 1. The Labute approximate surface area is 86.8 Å². The van der Waals surface area contributed by atoms with Crippen molar-refractivity contribution in [3.63, 3.8) is 0 Å². The second-order valence-corrected chi connectivity index (χ2v) is 4.97. The first-order valence-electron chi connectivity index (χ1n) is 4.30. The fraction of sp³-hybridized carbons (Fsp3) is 0.857. The Kier molecular flexibility index (Phi) is 3.50. The zero-order valence-corrected chi connectivity index (χ0v) is 8.91. The number of likely N-dealkylation sites (tertiary alicyclic amines) is 1. The van der Waals surface area contributed by atoms with Gasteiger partial charge in [0, 0.05) is 6.54 Å². The van der Waals surface area contributed by atoms with Gasteiger partial charge in [-0.05, 0) is 6.42 Å². The molecule has 2 atom stereocenters. The lowest BCUT2D eigenvalue weighted by atomic mass is 10.1. The van der Waals surface area contributed by atoms with Crippen molar-refractivity contribution < 1.29 is 26.9 Å². The van der Waals surface area contributed by atoms with Crippen LogP contribution in [0.2, 0.25) is 0 Å². The number of carboxylic acid groups (broad SMARTS) is 1. The fourth-order valence-corrected chi connectivity index (χ4v) is 2.06. The molecule has 0 aromatic heterocycles. The molecule has 1 fully saturated rings. The molecule has 1 saturated heterocycles. The highest BCUT2D eigenvalue weighted by molar-refractivity contribution is 7.86. The van der Waals surface area contributed by atoms with E-state index in [0.717, 1.165) is 11.2 Å². The third kappa shape index (κ3) is 3.63. The summed E-state index contributed by atoms with van der Waals surface area (Å²) in [5.74, 6) is 0. The fourth-order valence-electron chi connectivity index (χ4n) is 1.39. The van der Waals surface area contributed by atoms with Crippen molar-refractivity contribution in [2.24, 2.45) is 0 Å². The second kappa shape index (κ2) is 4.31. The molecular weight excluding hydrogens is 229 g/mol. The molecule has 88 valence electrons. The standard InChI is InChI=1S/C7H12FNO5S/c1-15(12,13)14-6-2-3-9(7(10)11)4-5(6)8/h5-6H,2-4H2,1H3,(H,10,11)/t5-,6+/m1/s1. The summed E-state index contributed by atoms with van der Waals surface area (Å²) in [5.41, 5.74) is 0. The molecule has 0 aliphatic carbocycles. The van der Waals surface area contributed by atoms with E-state index in [-0.39, 0.29) is 19.5 Å². The van der Waals surface area contributed by atoms with Crippen LogP contribution in [0, 0.1) is 0 Å². The van der Waals surface area contributed by atoms with Crippen molar-refractivity contribution in [1.29, 1.82) is 0 Å². The van der Waals surface area contributed by atoms with Crippen molar-refractivity contribution in [3.05, 3.63) is 0 Å². The first kappa shape index (κ1) is 12.2. The first-order valence-corrected chi connectivity index (χ1v) is 6.11. The molecule has 0 aromatic carbocycles. The predicted molar refractivity (Wildman–Crippen MR) is 48.8 cm³/mol. The summed E-state index contributed by atoms with van der Waals surface area (Å²) in [6, 6.07) is 0. The largest absolute Gasteiger partial charge is 0.465 e. The van der Waals surface area contributed by atoms with E-state index in [1.807, 2.05) is 0 Å². The molecule has 1 aliphatic heterocycles. The molecule has 0 radical (unpaired) electrons. The van der Waals surface area contributed by atoms with Gasteiger partial charge in [-0.3, -0.25) is 4.18 Å². The Hall–Kier alpha value is -0.890. The maximum atomic E-state index is 13.3. The van der Waals surface area contributed by atoms with Crippen LogP contribution in [-0.2, 0) is 14.3 Å². The Balaban J connectivity index is 2.57. The molecule has 8 heteroatoms. The molecule has 6 nitrogen and oxygen atoms in total. The second-order valence-electron chi connectivity index (χ2n) is 3.37. The molecule has 0 unspecified atom stereocenters. The molecule has 1 aliphatic rings. The number of carbonyl (C=O) groups is 1. The Bertz CT molecular complexity index is 343.